The van der Waals surface area contributed by atoms with Gasteiger partial charge in [0.1, 0.15) is 0 Å². The Bertz CT molecular complexity index is 900. The SMILES string of the molecule is c1csc(Cn2nnnc2SCCCc2nc(-c3cccs3)no2)c1. The second-order valence-corrected chi connectivity index (χ2v) is 8.18. The van der Waals surface area contributed by atoms with E-state index in [0.29, 0.717) is 18.3 Å². The number of rotatable bonds is 8. The number of aromatic nitrogens is 6. The number of thioether (sulfide) groups is 1. The van der Waals surface area contributed by atoms with Gasteiger partial charge in [0.2, 0.25) is 16.9 Å². The van der Waals surface area contributed by atoms with E-state index < -0.39 is 0 Å². The average Bonchev–Trinajstić information content (AvgIpc) is 3.39. The summed E-state index contributed by atoms with van der Waals surface area (Å²) in [5, 5.41) is 20.9. The van der Waals surface area contributed by atoms with Crippen LogP contribution in [-0.4, -0.2) is 36.1 Å². The first-order valence-corrected chi connectivity index (χ1v) is 10.4. The molecule has 7 nitrogen and oxygen atoms in total. The maximum atomic E-state index is 5.31. The summed E-state index contributed by atoms with van der Waals surface area (Å²) in [5.74, 6) is 2.22. The van der Waals surface area contributed by atoms with E-state index in [9.17, 15) is 0 Å². The van der Waals surface area contributed by atoms with E-state index in [1.807, 2.05) is 28.3 Å². The third-order valence-electron chi connectivity index (χ3n) is 3.36. The molecule has 0 amide bonds. The van der Waals surface area contributed by atoms with Gasteiger partial charge in [0, 0.05) is 17.1 Å². The molecule has 0 radical (unpaired) electrons. The van der Waals surface area contributed by atoms with E-state index >= 15 is 0 Å². The maximum absolute atomic E-state index is 5.31. The molecular formula is C15H14N6OS3. The van der Waals surface area contributed by atoms with E-state index in [2.05, 4.69) is 37.1 Å². The van der Waals surface area contributed by atoms with Gasteiger partial charge in [0.15, 0.2) is 0 Å². The molecule has 4 aromatic rings. The van der Waals surface area contributed by atoms with Crippen molar-refractivity contribution >= 4 is 34.4 Å². The predicted octanol–water partition coefficient (Wildman–Crippen LogP) is 3.62. The lowest BCUT2D eigenvalue weighted by Gasteiger charge is -2.02. The van der Waals surface area contributed by atoms with Gasteiger partial charge >= 0.3 is 0 Å². The Labute approximate surface area is 156 Å². The molecular weight excluding hydrogens is 376 g/mol. The van der Waals surface area contributed by atoms with Crippen LogP contribution < -0.4 is 0 Å². The first kappa shape index (κ1) is 16.4. The Kier molecular flexibility index (Phi) is 5.19. The second-order valence-electron chi connectivity index (χ2n) is 5.14. The number of nitrogens with zero attached hydrogens (tertiary/aromatic N) is 6. The molecule has 0 N–H and O–H groups in total. The highest BCUT2D eigenvalue weighted by Gasteiger charge is 2.11. The van der Waals surface area contributed by atoms with Crippen molar-refractivity contribution in [1.29, 1.82) is 0 Å². The lowest BCUT2D eigenvalue weighted by Crippen LogP contribution is -2.02. The van der Waals surface area contributed by atoms with Gasteiger partial charge in [-0.1, -0.05) is 29.1 Å². The summed E-state index contributed by atoms with van der Waals surface area (Å²) in [5.41, 5.74) is 0. The van der Waals surface area contributed by atoms with Gasteiger partial charge in [-0.05, 0) is 39.7 Å². The van der Waals surface area contributed by atoms with E-state index in [1.165, 1.54) is 4.88 Å². The zero-order valence-electron chi connectivity index (χ0n) is 13.1. The number of hydrogen-bond acceptors (Lipinski definition) is 9. The summed E-state index contributed by atoms with van der Waals surface area (Å²) < 4.78 is 7.14. The molecule has 0 fully saturated rings. The van der Waals surface area contributed by atoms with Crippen molar-refractivity contribution in [3.05, 3.63) is 45.8 Å². The molecule has 10 heteroatoms. The minimum atomic E-state index is 0.664. The molecule has 0 saturated carbocycles. The molecule has 4 aromatic heterocycles. The van der Waals surface area contributed by atoms with E-state index in [-0.39, 0.29) is 0 Å². The van der Waals surface area contributed by atoms with Crippen LogP contribution in [0.1, 0.15) is 17.2 Å². The fraction of sp³-hybridized carbons (Fsp3) is 0.267. The van der Waals surface area contributed by atoms with Crippen LogP contribution in [0.15, 0.2) is 44.7 Å². The van der Waals surface area contributed by atoms with Gasteiger partial charge in [-0.3, -0.25) is 0 Å². The summed E-state index contributed by atoms with van der Waals surface area (Å²) in [6, 6.07) is 8.09. The van der Waals surface area contributed by atoms with Gasteiger partial charge in [0.25, 0.3) is 0 Å². The summed E-state index contributed by atoms with van der Waals surface area (Å²) in [6.07, 6.45) is 1.67. The lowest BCUT2D eigenvalue weighted by atomic mass is 10.3. The largest absolute Gasteiger partial charge is 0.339 e. The highest BCUT2D eigenvalue weighted by Crippen LogP contribution is 2.22. The smallest absolute Gasteiger partial charge is 0.227 e. The zero-order chi connectivity index (χ0) is 16.9. The molecule has 4 rings (SSSR count). The molecule has 0 aliphatic heterocycles. The third-order valence-corrected chi connectivity index (χ3v) is 6.13. The Morgan fingerprint density at radius 2 is 2.08 bits per heavy atom. The van der Waals surface area contributed by atoms with Crippen molar-refractivity contribution in [3.8, 4) is 10.7 Å². The Morgan fingerprint density at radius 1 is 1.16 bits per heavy atom. The summed E-state index contributed by atoms with van der Waals surface area (Å²) >= 11 is 4.95. The van der Waals surface area contributed by atoms with Gasteiger partial charge in [-0.15, -0.1) is 27.8 Å². The fourth-order valence-electron chi connectivity index (χ4n) is 2.20. The number of aryl methyl sites for hydroxylation is 1. The molecule has 0 atom stereocenters. The first-order chi connectivity index (χ1) is 12.4. The normalized spacial score (nSPS) is 11.2. The van der Waals surface area contributed by atoms with Crippen LogP contribution in [-0.2, 0) is 13.0 Å². The molecule has 0 spiro atoms. The van der Waals surface area contributed by atoms with Crippen LogP contribution in [0.3, 0.4) is 0 Å². The second kappa shape index (κ2) is 7.89. The van der Waals surface area contributed by atoms with Crippen molar-refractivity contribution in [2.24, 2.45) is 0 Å². The monoisotopic (exact) mass is 390 g/mol. The summed E-state index contributed by atoms with van der Waals surface area (Å²) in [6.45, 7) is 0.709. The Balaban J connectivity index is 1.27. The van der Waals surface area contributed by atoms with Crippen molar-refractivity contribution in [2.45, 2.75) is 24.5 Å². The molecule has 128 valence electrons. The average molecular weight is 391 g/mol. The Morgan fingerprint density at radius 3 is 2.92 bits per heavy atom. The molecule has 4 heterocycles. The van der Waals surface area contributed by atoms with Crippen LogP contribution in [0.25, 0.3) is 10.7 Å². The lowest BCUT2D eigenvalue weighted by molar-refractivity contribution is 0.378. The number of tetrazole rings is 1. The van der Waals surface area contributed by atoms with Crippen LogP contribution in [0.5, 0.6) is 0 Å². The molecule has 0 bridgehead atoms. The van der Waals surface area contributed by atoms with E-state index in [4.69, 9.17) is 4.52 Å². The van der Waals surface area contributed by atoms with Crippen molar-refractivity contribution in [2.75, 3.05) is 5.75 Å². The third kappa shape index (κ3) is 4.14. The van der Waals surface area contributed by atoms with Gasteiger partial charge in [-0.25, -0.2) is 4.68 Å². The maximum Gasteiger partial charge on any atom is 0.227 e. The van der Waals surface area contributed by atoms with Crippen LogP contribution >= 0.6 is 34.4 Å². The molecule has 0 aliphatic carbocycles. The summed E-state index contributed by atoms with van der Waals surface area (Å²) in [4.78, 5) is 6.70. The predicted molar refractivity (Wildman–Crippen MR) is 97.9 cm³/mol. The number of hydrogen-bond donors (Lipinski definition) is 0. The van der Waals surface area contributed by atoms with Crippen molar-refractivity contribution in [3.63, 3.8) is 0 Å². The van der Waals surface area contributed by atoms with E-state index in [0.717, 1.165) is 28.6 Å². The molecule has 0 aromatic carbocycles. The van der Waals surface area contributed by atoms with Crippen molar-refractivity contribution < 1.29 is 4.52 Å². The minimum absolute atomic E-state index is 0.664. The van der Waals surface area contributed by atoms with E-state index in [1.54, 1.807) is 34.4 Å². The summed E-state index contributed by atoms with van der Waals surface area (Å²) in [7, 11) is 0. The first-order valence-electron chi connectivity index (χ1n) is 7.66. The molecule has 0 saturated heterocycles. The van der Waals surface area contributed by atoms with Crippen LogP contribution in [0.4, 0.5) is 0 Å². The standard InChI is InChI=1S/C15H14N6OS3/c1-4-11(23-7-1)10-21-15(17-19-20-21)25-9-3-6-13-16-14(18-22-13)12-5-2-8-24-12/h1-2,4-5,7-8H,3,6,9-10H2. The molecule has 25 heavy (non-hydrogen) atoms. The molecule has 0 aliphatic rings. The van der Waals surface area contributed by atoms with Crippen molar-refractivity contribution in [1.82, 2.24) is 30.3 Å². The van der Waals surface area contributed by atoms with Gasteiger partial charge in [-0.2, -0.15) is 4.98 Å². The van der Waals surface area contributed by atoms with Gasteiger partial charge < -0.3 is 4.52 Å². The quantitative estimate of drug-likeness (QED) is 0.336. The fourth-order valence-corrected chi connectivity index (χ4v) is 4.35. The highest BCUT2D eigenvalue weighted by atomic mass is 32.2. The Hall–Kier alpha value is -2.04. The zero-order valence-corrected chi connectivity index (χ0v) is 15.6. The highest BCUT2D eigenvalue weighted by molar-refractivity contribution is 7.99. The topological polar surface area (TPSA) is 82.5 Å². The van der Waals surface area contributed by atoms with Crippen LogP contribution in [0.2, 0.25) is 0 Å². The van der Waals surface area contributed by atoms with Crippen LogP contribution in [0, 0.1) is 0 Å². The molecule has 0 unspecified atom stereocenters. The van der Waals surface area contributed by atoms with Gasteiger partial charge in [0.05, 0.1) is 11.4 Å². The minimum Gasteiger partial charge on any atom is -0.339 e. The number of thiophene rings is 2.